The van der Waals surface area contributed by atoms with Crippen molar-refractivity contribution in [2.24, 2.45) is 4.99 Å². The summed E-state index contributed by atoms with van der Waals surface area (Å²) in [4.78, 5) is 15.7. The average molecular weight is 502 g/mol. The number of carbonyl (C=O) groups is 1. The number of hydrogen-bond donors (Lipinski definition) is 3. The Morgan fingerprint density at radius 3 is 2.56 bits per heavy atom. The van der Waals surface area contributed by atoms with Crippen LogP contribution in [0.4, 0.5) is 13.2 Å². The van der Waals surface area contributed by atoms with Gasteiger partial charge in [-0.3, -0.25) is 9.79 Å². The van der Waals surface area contributed by atoms with Crippen molar-refractivity contribution in [1.29, 1.82) is 0 Å². The Labute approximate surface area is 174 Å². The molecule has 1 aromatic rings. The van der Waals surface area contributed by atoms with Gasteiger partial charge < -0.3 is 20.7 Å². The van der Waals surface area contributed by atoms with Gasteiger partial charge in [-0.15, -0.1) is 24.0 Å². The molecule has 1 aromatic carbocycles. The first kappa shape index (κ1) is 25.4. The molecule has 0 aliphatic heterocycles. The molecule has 1 amide bonds. The van der Waals surface area contributed by atoms with Crippen molar-refractivity contribution in [3.05, 3.63) is 35.4 Å². The second-order valence-electron chi connectivity index (χ2n) is 5.48. The molecule has 1 rings (SSSR count). The number of ether oxygens (including phenoxy) is 1. The Morgan fingerprint density at radius 2 is 1.93 bits per heavy atom. The van der Waals surface area contributed by atoms with E-state index in [2.05, 4.69) is 25.7 Å². The monoisotopic (exact) mass is 502 g/mol. The molecule has 0 radical (unpaired) electrons. The molecule has 0 aliphatic carbocycles. The first-order valence-corrected chi connectivity index (χ1v) is 8.25. The molecule has 0 bridgehead atoms. The third kappa shape index (κ3) is 11.7. The number of amides is 1. The maximum Gasteiger partial charge on any atom is 0.411 e. The van der Waals surface area contributed by atoms with Crippen LogP contribution in [0, 0.1) is 0 Å². The van der Waals surface area contributed by atoms with Crippen LogP contribution in [0.1, 0.15) is 22.3 Å². The summed E-state index contributed by atoms with van der Waals surface area (Å²) in [5.74, 6) is 0.424. The summed E-state index contributed by atoms with van der Waals surface area (Å²) in [6, 6.07) is 7.34. The molecule has 0 aromatic heterocycles. The lowest BCUT2D eigenvalue weighted by Gasteiger charge is -2.12. The van der Waals surface area contributed by atoms with Crippen molar-refractivity contribution in [3.8, 4) is 0 Å². The third-order valence-electron chi connectivity index (χ3n) is 3.37. The number of carbonyl (C=O) groups excluding carboxylic acids is 1. The van der Waals surface area contributed by atoms with Gasteiger partial charge in [-0.05, 0) is 30.5 Å². The van der Waals surface area contributed by atoms with Gasteiger partial charge in [0.15, 0.2) is 5.96 Å². The standard InChI is InChI=1S/C17H25F3N4O2.HI/c1-21-15(25)14-6-3-5-13(11-14)7-9-24-16(22-2)23-8-4-10-26-12-17(18,19)20;/h3,5-6,11H,4,7-10,12H2,1-2H3,(H,21,25)(H2,22,23,24);1H. The van der Waals surface area contributed by atoms with Crippen LogP contribution >= 0.6 is 24.0 Å². The molecule has 0 spiro atoms. The fourth-order valence-electron chi connectivity index (χ4n) is 2.13. The number of hydrogen-bond acceptors (Lipinski definition) is 3. The maximum absolute atomic E-state index is 11.9. The van der Waals surface area contributed by atoms with E-state index in [0.29, 0.717) is 37.5 Å². The minimum absolute atomic E-state index is 0. The highest BCUT2D eigenvalue weighted by Gasteiger charge is 2.27. The van der Waals surface area contributed by atoms with Crippen LogP contribution in [0.3, 0.4) is 0 Å². The van der Waals surface area contributed by atoms with Crippen LogP contribution in [-0.4, -0.2) is 58.4 Å². The fourth-order valence-corrected chi connectivity index (χ4v) is 2.13. The molecule has 10 heteroatoms. The number of nitrogens with one attached hydrogen (secondary N) is 3. The van der Waals surface area contributed by atoms with Gasteiger partial charge in [0.05, 0.1) is 0 Å². The summed E-state index contributed by atoms with van der Waals surface area (Å²) in [6.07, 6.45) is -3.16. The Balaban J connectivity index is 0.00000676. The van der Waals surface area contributed by atoms with E-state index in [1.807, 2.05) is 18.2 Å². The molecule has 154 valence electrons. The quantitative estimate of drug-likeness (QED) is 0.210. The summed E-state index contributed by atoms with van der Waals surface area (Å²) in [7, 11) is 3.20. The second kappa shape index (κ2) is 13.6. The highest BCUT2D eigenvalue weighted by atomic mass is 127. The summed E-state index contributed by atoms with van der Waals surface area (Å²) in [5, 5.41) is 8.70. The zero-order valence-electron chi connectivity index (χ0n) is 15.4. The fraction of sp³-hybridized carbons (Fsp3) is 0.529. The minimum atomic E-state index is -4.29. The van der Waals surface area contributed by atoms with Crippen molar-refractivity contribution in [3.63, 3.8) is 0 Å². The normalized spacial score (nSPS) is 11.5. The van der Waals surface area contributed by atoms with Crippen molar-refractivity contribution in [2.45, 2.75) is 19.0 Å². The highest BCUT2D eigenvalue weighted by Crippen LogP contribution is 2.14. The van der Waals surface area contributed by atoms with E-state index in [9.17, 15) is 18.0 Å². The Kier molecular flexibility index (Phi) is 12.8. The zero-order valence-corrected chi connectivity index (χ0v) is 17.7. The highest BCUT2D eigenvalue weighted by molar-refractivity contribution is 14.0. The summed E-state index contributed by atoms with van der Waals surface area (Å²) in [6.45, 7) is -0.157. The van der Waals surface area contributed by atoms with Crippen LogP contribution < -0.4 is 16.0 Å². The smallest absolute Gasteiger partial charge is 0.372 e. The number of alkyl halides is 3. The van der Waals surface area contributed by atoms with Crippen LogP contribution in [0.2, 0.25) is 0 Å². The number of benzene rings is 1. The van der Waals surface area contributed by atoms with Gasteiger partial charge in [0.1, 0.15) is 6.61 Å². The third-order valence-corrected chi connectivity index (χ3v) is 3.37. The largest absolute Gasteiger partial charge is 0.411 e. The molecule has 0 fully saturated rings. The lowest BCUT2D eigenvalue weighted by atomic mass is 10.1. The SMILES string of the molecule is CN=C(NCCCOCC(F)(F)F)NCCc1cccc(C(=O)NC)c1.I. The van der Waals surface area contributed by atoms with E-state index in [1.165, 1.54) is 0 Å². The molecular weight excluding hydrogens is 476 g/mol. The molecule has 27 heavy (non-hydrogen) atoms. The van der Waals surface area contributed by atoms with Crippen molar-refractivity contribution in [2.75, 3.05) is 40.4 Å². The molecule has 6 nitrogen and oxygen atoms in total. The summed E-state index contributed by atoms with van der Waals surface area (Å²) in [5.41, 5.74) is 1.61. The van der Waals surface area contributed by atoms with E-state index < -0.39 is 12.8 Å². The van der Waals surface area contributed by atoms with Crippen molar-refractivity contribution in [1.82, 2.24) is 16.0 Å². The molecule has 3 N–H and O–H groups in total. The maximum atomic E-state index is 11.9. The van der Waals surface area contributed by atoms with Gasteiger partial charge in [-0.25, -0.2) is 0 Å². The second-order valence-corrected chi connectivity index (χ2v) is 5.48. The molecule has 0 saturated heterocycles. The summed E-state index contributed by atoms with van der Waals surface area (Å²) >= 11 is 0. The Hall–Kier alpha value is -1.56. The van der Waals surface area contributed by atoms with Crippen LogP contribution in [0.15, 0.2) is 29.3 Å². The molecule has 0 atom stereocenters. The number of nitrogens with zero attached hydrogens (tertiary/aromatic N) is 1. The zero-order chi connectivity index (χ0) is 19.4. The van der Waals surface area contributed by atoms with Crippen molar-refractivity contribution >= 4 is 35.8 Å². The van der Waals surface area contributed by atoms with Gasteiger partial charge in [-0.1, -0.05) is 12.1 Å². The molecule has 0 heterocycles. The van der Waals surface area contributed by atoms with Gasteiger partial charge >= 0.3 is 6.18 Å². The van der Waals surface area contributed by atoms with E-state index >= 15 is 0 Å². The first-order chi connectivity index (χ1) is 12.4. The number of guanidine groups is 1. The summed E-state index contributed by atoms with van der Waals surface area (Å²) < 4.78 is 40.3. The predicted octanol–water partition coefficient (Wildman–Crippen LogP) is 2.34. The molecule has 0 aliphatic rings. The topological polar surface area (TPSA) is 74.8 Å². The van der Waals surface area contributed by atoms with Crippen LogP contribution in [0.25, 0.3) is 0 Å². The molecule has 0 saturated carbocycles. The first-order valence-electron chi connectivity index (χ1n) is 8.25. The van der Waals surface area contributed by atoms with E-state index in [4.69, 9.17) is 0 Å². The van der Waals surface area contributed by atoms with Gasteiger partial charge in [0, 0.05) is 39.4 Å². The van der Waals surface area contributed by atoms with Crippen LogP contribution in [0.5, 0.6) is 0 Å². The van der Waals surface area contributed by atoms with Gasteiger partial charge in [0.2, 0.25) is 0 Å². The van der Waals surface area contributed by atoms with Gasteiger partial charge in [0.25, 0.3) is 5.91 Å². The number of rotatable bonds is 9. The molecule has 0 unspecified atom stereocenters. The lowest BCUT2D eigenvalue weighted by Crippen LogP contribution is -2.39. The number of halogens is 4. The molecular formula is C17H26F3IN4O2. The average Bonchev–Trinajstić information content (AvgIpc) is 2.61. The van der Waals surface area contributed by atoms with E-state index in [1.54, 1.807) is 20.2 Å². The Bertz CT molecular complexity index is 598. The van der Waals surface area contributed by atoms with E-state index in [-0.39, 0.29) is 36.5 Å². The van der Waals surface area contributed by atoms with E-state index in [0.717, 1.165) is 5.56 Å². The lowest BCUT2D eigenvalue weighted by molar-refractivity contribution is -0.173. The Morgan fingerprint density at radius 1 is 1.22 bits per heavy atom. The van der Waals surface area contributed by atoms with Crippen molar-refractivity contribution < 1.29 is 22.7 Å². The predicted molar refractivity (Wildman–Crippen MR) is 110 cm³/mol. The minimum Gasteiger partial charge on any atom is -0.372 e. The van der Waals surface area contributed by atoms with Crippen LogP contribution in [-0.2, 0) is 11.2 Å². The van der Waals surface area contributed by atoms with Gasteiger partial charge in [-0.2, -0.15) is 13.2 Å². The number of aliphatic imine (C=N–C) groups is 1.